The van der Waals surface area contributed by atoms with Crippen LogP contribution in [0.25, 0.3) is 0 Å². The normalized spacial score (nSPS) is 27.8. The summed E-state index contributed by atoms with van der Waals surface area (Å²) < 4.78 is 0. The van der Waals surface area contributed by atoms with E-state index in [0.29, 0.717) is 26.1 Å². The first kappa shape index (κ1) is 10.3. The second-order valence-corrected chi connectivity index (χ2v) is 3.51. The minimum atomic E-state index is -0.746. The maximum absolute atomic E-state index is 11.3. The molecule has 76 valence electrons. The molecule has 0 bridgehead atoms. The van der Waals surface area contributed by atoms with Gasteiger partial charge in [-0.1, -0.05) is 0 Å². The van der Waals surface area contributed by atoms with Crippen molar-refractivity contribution in [2.45, 2.75) is 25.9 Å². The number of aliphatic hydroxyl groups is 1. The van der Waals surface area contributed by atoms with E-state index in [-0.39, 0.29) is 6.03 Å². The van der Waals surface area contributed by atoms with Gasteiger partial charge >= 0.3 is 6.03 Å². The molecule has 1 atom stereocenters. The number of β-amino-alcohol motifs (C(OH)–C–C–N with tert-alkyl or cyclic N) is 1. The van der Waals surface area contributed by atoms with E-state index >= 15 is 0 Å². The first-order valence-corrected chi connectivity index (χ1v) is 4.44. The molecule has 5 nitrogen and oxygen atoms in total. The Bertz CT molecular complexity index is 194. The summed E-state index contributed by atoms with van der Waals surface area (Å²) in [7, 11) is 0. The second-order valence-electron chi connectivity index (χ2n) is 3.51. The van der Waals surface area contributed by atoms with Crippen molar-refractivity contribution >= 4 is 6.03 Å². The van der Waals surface area contributed by atoms with Crippen LogP contribution in [0.3, 0.4) is 0 Å². The Morgan fingerprint density at radius 1 is 1.77 bits per heavy atom. The van der Waals surface area contributed by atoms with Crippen LogP contribution in [-0.4, -0.2) is 41.3 Å². The number of urea groups is 1. The zero-order chi connectivity index (χ0) is 9.90. The Morgan fingerprint density at radius 3 is 2.92 bits per heavy atom. The lowest BCUT2D eigenvalue weighted by Gasteiger charge is -2.18. The summed E-state index contributed by atoms with van der Waals surface area (Å²) in [5.41, 5.74) is 1.54. The van der Waals surface area contributed by atoms with E-state index in [0.717, 1.165) is 0 Å². The number of nitrogens with zero attached hydrogens (tertiary/aromatic N) is 1. The molecule has 1 heterocycles. The number of carbonyl (C=O) groups is 1. The minimum absolute atomic E-state index is 0.278. The Labute approximate surface area is 77.6 Å². The molecule has 1 aliphatic heterocycles. The average Bonchev–Trinajstić information content (AvgIpc) is 2.42. The number of rotatable bonds is 2. The van der Waals surface area contributed by atoms with Gasteiger partial charge in [-0.15, -0.1) is 0 Å². The second kappa shape index (κ2) is 3.93. The van der Waals surface area contributed by atoms with Crippen LogP contribution in [0.5, 0.6) is 0 Å². The number of nitrogens with one attached hydrogen (secondary N) is 1. The highest BCUT2D eigenvalue weighted by Crippen LogP contribution is 2.19. The lowest BCUT2D eigenvalue weighted by Crippen LogP contribution is -2.40. The smallest absolute Gasteiger partial charge is 0.341 e. The van der Waals surface area contributed by atoms with Gasteiger partial charge in [0.15, 0.2) is 0 Å². The minimum Gasteiger partial charge on any atom is -0.388 e. The van der Waals surface area contributed by atoms with E-state index in [1.54, 1.807) is 13.8 Å². The van der Waals surface area contributed by atoms with Crippen molar-refractivity contribution in [2.24, 2.45) is 0 Å². The summed E-state index contributed by atoms with van der Waals surface area (Å²) in [6, 6.07) is -0.278. The van der Waals surface area contributed by atoms with Crippen LogP contribution in [0.1, 0.15) is 20.3 Å². The first-order valence-electron chi connectivity index (χ1n) is 4.44. The van der Waals surface area contributed by atoms with Crippen molar-refractivity contribution in [3.05, 3.63) is 0 Å². The van der Waals surface area contributed by atoms with Crippen molar-refractivity contribution < 1.29 is 14.7 Å². The van der Waals surface area contributed by atoms with E-state index in [9.17, 15) is 9.90 Å². The van der Waals surface area contributed by atoms with Gasteiger partial charge in [-0.3, -0.25) is 4.84 Å². The summed E-state index contributed by atoms with van der Waals surface area (Å²) >= 11 is 0. The molecule has 0 aliphatic carbocycles. The fourth-order valence-corrected chi connectivity index (χ4v) is 1.32. The predicted molar refractivity (Wildman–Crippen MR) is 47.0 cm³/mol. The summed E-state index contributed by atoms with van der Waals surface area (Å²) in [6.45, 7) is 4.90. The third-order valence-electron chi connectivity index (χ3n) is 2.04. The van der Waals surface area contributed by atoms with Gasteiger partial charge in [-0.05, 0) is 20.3 Å². The third kappa shape index (κ3) is 2.86. The average molecular weight is 188 g/mol. The zero-order valence-corrected chi connectivity index (χ0v) is 8.04. The largest absolute Gasteiger partial charge is 0.388 e. The van der Waals surface area contributed by atoms with E-state index in [1.807, 2.05) is 0 Å². The predicted octanol–water partition coefficient (Wildman–Crippen LogP) is 0.104. The van der Waals surface area contributed by atoms with Crippen molar-refractivity contribution in [3.63, 3.8) is 0 Å². The molecule has 2 amide bonds. The van der Waals surface area contributed by atoms with Gasteiger partial charge in [0.25, 0.3) is 0 Å². The van der Waals surface area contributed by atoms with Crippen LogP contribution in [-0.2, 0) is 4.84 Å². The Hall–Kier alpha value is -0.810. The lowest BCUT2D eigenvalue weighted by atomic mass is 10.1. The lowest BCUT2D eigenvalue weighted by molar-refractivity contribution is 0.0471. The number of hydrogen-bond acceptors (Lipinski definition) is 3. The standard InChI is InChI=1S/C8H16N2O3/c1-3-13-9-7(11)10-5-4-8(2,12)6-10/h12H,3-6H2,1-2H3,(H,9,11). The van der Waals surface area contributed by atoms with Crippen molar-refractivity contribution in [1.82, 2.24) is 10.4 Å². The molecule has 5 heteroatoms. The highest BCUT2D eigenvalue weighted by Gasteiger charge is 2.33. The summed E-state index contributed by atoms with van der Waals surface area (Å²) in [5.74, 6) is 0. The molecule has 0 aromatic rings. The quantitative estimate of drug-likeness (QED) is 0.604. The van der Waals surface area contributed by atoms with Crippen molar-refractivity contribution in [2.75, 3.05) is 19.7 Å². The molecule has 0 saturated carbocycles. The van der Waals surface area contributed by atoms with E-state index in [2.05, 4.69) is 5.48 Å². The van der Waals surface area contributed by atoms with E-state index in [4.69, 9.17) is 4.84 Å². The molecule has 1 fully saturated rings. The maximum atomic E-state index is 11.3. The van der Waals surface area contributed by atoms with Gasteiger partial charge in [-0.2, -0.15) is 0 Å². The molecule has 1 unspecified atom stereocenters. The number of likely N-dealkylation sites (tertiary alicyclic amines) is 1. The van der Waals surface area contributed by atoms with Crippen molar-refractivity contribution in [3.8, 4) is 0 Å². The highest BCUT2D eigenvalue weighted by molar-refractivity contribution is 5.73. The van der Waals surface area contributed by atoms with E-state index < -0.39 is 5.60 Å². The van der Waals surface area contributed by atoms with Crippen LogP contribution >= 0.6 is 0 Å². The Balaban J connectivity index is 2.33. The topological polar surface area (TPSA) is 61.8 Å². The molecule has 0 spiro atoms. The molecule has 0 aromatic heterocycles. The monoisotopic (exact) mass is 188 g/mol. The summed E-state index contributed by atoms with van der Waals surface area (Å²) in [5, 5.41) is 9.58. The fraction of sp³-hybridized carbons (Fsp3) is 0.875. The van der Waals surface area contributed by atoms with Crippen LogP contribution in [0.2, 0.25) is 0 Å². The van der Waals surface area contributed by atoms with Gasteiger partial charge in [-0.25, -0.2) is 10.3 Å². The van der Waals surface area contributed by atoms with E-state index in [1.165, 1.54) is 4.90 Å². The maximum Gasteiger partial charge on any atom is 0.341 e. The van der Waals surface area contributed by atoms with Crippen LogP contribution < -0.4 is 5.48 Å². The van der Waals surface area contributed by atoms with Gasteiger partial charge in [0.2, 0.25) is 0 Å². The molecule has 1 aliphatic rings. The SMILES string of the molecule is CCONC(=O)N1CCC(C)(O)C1. The van der Waals surface area contributed by atoms with Crippen molar-refractivity contribution in [1.29, 1.82) is 0 Å². The van der Waals surface area contributed by atoms with Crippen LogP contribution in [0, 0.1) is 0 Å². The zero-order valence-electron chi connectivity index (χ0n) is 8.04. The Morgan fingerprint density at radius 2 is 2.46 bits per heavy atom. The van der Waals surface area contributed by atoms with Gasteiger partial charge in [0, 0.05) is 6.54 Å². The first-order chi connectivity index (χ1) is 6.05. The molecule has 13 heavy (non-hydrogen) atoms. The molecule has 0 radical (unpaired) electrons. The number of amides is 2. The highest BCUT2D eigenvalue weighted by atomic mass is 16.7. The van der Waals surface area contributed by atoms with Crippen LogP contribution in [0.15, 0.2) is 0 Å². The summed E-state index contributed by atoms with van der Waals surface area (Å²) in [4.78, 5) is 17.6. The molecular formula is C8H16N2O3. The number of carbonyl (C=O) groups excluding carboxylic acids is 1. The molecule has 1 rings (SSSR count). The van der Waals surface area contributed by atoms with Gasteiger partial charge < -0.3 is 10.0 Å². The molecular weight excluding hydrogens is 172 g/mol. The van der Waals surface area contributed by atoms with Crippen LogP contribution in [0.4, 0.5) is 4.79 Å². The van der Waals surface area contributed by atoms with Gasteiger partial charge in [0.1, 0.15) is 0 Å². The Kier molecular flexibility index (Phi) is 3.11. The third-order valence-corrected chi connectivity index (χ3v) is 2.04. The molecule has 2 N–H and O–H groups in total. The molecule has 0 aromatic carbocycles. The fourth-order valence-electron chi connectivity index (χ4n) is 1.32. The number of hydrogen-bond donors (Lipinski definition) is 2. The summed E-state index contributed by atoms with van der Waals surface area (Å²) in [6.07, 6.45) is 0.618. The number of hydroxylamine groups is 1. The molecule has 1 saturated heterocycles. The van der Waals surface area contributed by atoms with Gasteiger partial charge in [0.05, 0.1) is 18.8 Å².